The van der Waals surface area contributed by atoms with Crippen molar-refractivity contribution in [1.82, 2.24) is 19.9 Å². The van der Waals surface area contributed by atoms with Crippen molar-refractivity contribution in [3.63, 3.8) is 0 Å². The van der Waals surface area contributed by atoms with Gasteiger partial charge in [-0.05, 0) is 18.1 Å². The minimum Gasteiger partial charge on any atom is -0.354 e. The summed E-state index contributed by atoms with van der Waals surface area (Å²) in [5.74, 6) is 2.27. The first-order valence-electron chi connectivity index (χ1n) is 8.47. The number of hydrogen-bond donors (Lipinski definition) is 2. The first kappa shape index (κ1) is 16.8. The number of nitrogens with zero attached hydrogens (tertiary/aromatic N) is 4. The van der Waals surface area contributed by atoms with Crippen LogP contribution in [0.1, 0.15) is 20.3 Å². The molecule has 0 amide bonds. The van der Waals surface area contributed by atoms with Crippen LogP contribution in [0.15, 0.2) is 54.9 Å². The summed E-state index contributed by atoms with van der Waals surface area (Å²) < 4.78 is 0. The number of nitrogens with one attached hydrogen (secondary N) is 2. The number of anilines is 3. The lowest BCUT2D eigenvalue weighted by Crippen LogP contribution is -2.14. The van der Waals surface area contributed by atoms with Crippen LogP contribution in [0.2, 0.25) is 0 Å². The molecule has 0 spiro atoms. The van der Waals surface area contributed by atoms with Gasteiger partial charge in [0.15, 0.2) is 5.82 Å². The Morgan fingerprint density at radius 1 is 0.920 bits per heavy atom. The maximum absolute atomic E-state index is 4.57. The van der Waals surface area contributed by atoms with Gasteiger partial charge in [-0.15, -0.1) is 0 Å². The highest BCUT2D eigenvalue weighted by Gasteiger charge is 2.09. The van der Waals surface area contributed by atoms with Crippen molar-refractivity contribution in [1.29, 1.82) is 0 Å². The first-order chi connectivity index (χ1) is 12.2. The van der Waals surface area contributed by atoms with Crippen LogP contribution in [0.25, 0.3) is 11.4 Å². The molecule has 0 bridgehead atoms. The maximum atomic E-state index is 4.57. The molecule has 0 aliphatic carbocycles. The molecule has 1 aromatic carbocycles. The van der Waals surface area contributed by atoms with Crippen molar-refractivity contribution < 1.29 is 0 Å². The minimum atomic E-state index is 0.506. The molecule has 128 valence electrons. The molecule has 0 saturated heterocycles. The van der Waals surface area contributed by atoms with Crippen LogP contribution < -0.4 is 10.6 Å². The summed E-state index contributed by atoms with van der Waals surface area (Å²) in [7, 11) is 0. The summed E-state index contributed by atoms with van der Waals surface area (Å²) in [5, 5.41) is 6.53. The highest BCUT2D eigenvalue weighted by molar-refractivity contribution is 5.60. The lowest BCUT2D eigenvalue weighted by Gasteiger charge is -2.12. The standard InChI is InChI=1S/C19H22N6/c1-3-14(2)13-21-18-23-17(15-7-5-4-6-8-15)24-19(25-18)22-16-9-11-20-12-10-16/h4-12,14H,3,13H2,1-2H3,(H2,20,21,22,23,24,25). The van der Waals surface area contributed by atoms with Gasteiger partial charge in [-0.3, -0.25) is 4.98 Å². The Kier molecular flexibility index (Phi) is 5.51. The quantitative estimate of drug-likeness (QED) is 0.676. The zero-order valence-corrected chi connectivity index (χ0v) is 14.5. The molecule has 6 nitrogen and oxygen atoms in total. The van der Waals surface area contributed by atoms with E-state index in [0.717, 1.165) is 24.2 Å². The second-order valence-electron chi connectivity index (χ2n) is 5.93. The zero-order chi connectivity index (χ0) is 17.5. The number of pyridine rings is 1. The topological polar surface area (TPSA) is 75.6 Å². The third-order valence-corrected chi connectivity index (χ3v) is 3.91. The van der Waals surface area contributed by atoms with Crippen molar-refractivity contribution in [2.75, 3.05) is 17.2 Å². The third kappa shape index (κ3) is 4.73. The SMILES string of the molecule is CCC(C)CNc1nc(Nc2ccncc2)nc(-c2ccccc2)n1. The van der Waals surface area contributed by atoms with Crippen LogP contribution in [-0.4, -0.2) is 26.5 Å². The summed E-state index contributed by atoms with van der Waals surface area (Å²) in [5.41, 5.74) is 1.84. The van der Waals surface area contributed by atoms with Gasteiger partial charge >= 0.3 is 0 Å². The Balaban J connectivity index is 1.90. The van der Waals surface area contributed by atoms with Gasteiger partial charge in [0.2, 0.25) is 11.9 Å². The summed E-state index contributed by atoms with van der Waals surface area (Å²) in [6.07, 6.45) is 4.55. The van der Waals surface area contributed by atoms with Gasteiger partial charge < -0.3 is 10.6 Å². The average molecular weight is 334 g/mol. The van der Waals surface area contributed by atoms with Gasteiger partial charge in [-0.2, -0.15) is 15.0 Å². The Morgan fingerprint density at radius 3 is 2.36 bits per heavy atom. The molecular weight excluding hydrogens is 312 g/mol. The minimum absolute atomic E-state index is 0.506. The molecule has 0 fully saturated rings. The van der Waals surface area contributed by atoms with Gasteiger partial charge in [0.1, 0.15) is 0 Å². The van der Waals surface area contributed by atoms with Crippen LogP contribution >= 0.6 is 0 Å². The van der Waals surface area contributed by atoms with Crippen LogP contribution in [0, 0.1) is 5.92 Å². The smallest absolute Gasteiger partial charge is 0.232 e. The van der Waals surface area contributed by atoms with E-state index in [9.17, 15) is 0 Å². The predicted octanol–water partition coefficient (Wildman–Crippen LogP) is 4.14. The van der Waals surface area contributed by atoms with Gasteiger partial charge in [0.05, 0.1) is 0 Å². The van der Waals surface area contributed by atoms with E-state index in [2.05, 4.69) is 44.4 Å². The first-order valence-corrected chi connectivity index (χ1v) is 8.47. The summed E-state index contributed by atoms with van der Waals surface area (Å²) >= 11 is 0. The fraction of sp³-hybridized carbons (Fsp3) is 0.263. The maximum Gasteiger partial charge on any atom is 0.232 e. The molecule has 1 unspecified atom stereocenters. The van der Waals surface area contributed by atoms with Crippen LogP contribution in [0.3, 0.4) is 0 Å². The van der Waals surface area contributed by atoms with E-state index in [1.807, 2.05) is 42.5 Å². The Labute approximate surface area is 147 Å². The monoisotopic (exact) mass is 334 g/mol. The van der Waals surface area contributed by atoms with E-state index >= 15 is 0 Å². The second-order valence-corrected chi connectivity index (χ2v) is 5.93. The van der Waals surface area contributed by atoms with Gasteiger partial charge in [0.25, 0.3) is 0 Å². The summed E-state index contributed by atoms with van der Waals surface area (Å²) in [4.78, 5) is 17.6. The number of aromatic nitrogens is 4. The van der Waals surface area contributed by atoms with Gasteiger partial charge in [-0.25, -0.2) is 0 Å². The normalized spacial score (nSPS) is 11.8. The van der Waals surface area contributed by atoms with E-state index in [-0.39, 0.29) is 0 Å². The zero-order valence-electron chi connectivity index (χ0n) is 14.5. The molecule has 25 heavy (non-hydrogen) atoms. The molecule has 1 atom stereocenters. The van der Waals surface area contributed by atoms with E-state index in [1.165, 1.54) is 0 Å². The van der Waals surface area contributed by atoms with E-state index in [0.29, 0.717) is 23.6 Å². The lowest BCUT2D eigenvalue weighted by molar-refractivity contribution is 0.591. The van der Waals surface area contributed by atoms with E-state index in [1.54, 1.807) is 12.4 Å². The molecule has 3 aromatic rings. The predicted molar refractivity (Wildman–Crippen MR) is 101 cm³/mol. The molecule has 6 heteroatoms. The molecule has 0 saturated carbocycles. The van der Waals surface area contributed by atoms with Crippen LogP contribution in [0.5, 0.6) is 0 Å². The molecule has 3 rings (SSSR count). The number of rotatable bonds is 7. The Bertz CT molecular complexity index is 792. The number of hydrogen-bond acceptors (Lipinski definition) is 6. The lowest BCUT2D eigenvalue weighted by atomic mass is 10.1. The molecule has 0 aliphatic heterocycles. The molecule has 2 aromatic heterocycles. The Morgan fingerprint density at radius 2 is 1.64 bits per heavy atom. The molecule has 0 radical (unpaired) electrons. The van der Waals surface area contributed by atoms with E-state index < -0.39 is 0 Å². The van der Waals surface area contributed by atoms with Crippen molar-refractivity contribution in [2.45, 2.75) is 20.3 Å². The van der Waals surface area contributed by atoms with E-state index in [4.69, 9.17) is 0 Å². The van der Waals surface area contributed by atoms with Gasteiger partial charge in [0, 0.05) is 30.2 Å². The van der Waals surface area contributed by atoms with Crippen molar-refractivity contribution >= 4 is 17.6 Å². The van der Waals surface area contributed by atoms with Crippen LogP contribution in [-0.2, 0) is 0 Å². The molecule has 2 heterocycles. The largest absolute Gasteiger partial charge is 0.354 e. The molecular formula is C19H22N6. The second kappa shape index (κ2) is 8.19. The fourth-order valence-corrected chi connectivity index (χ4v) is 2.20. The fourth-order valence-electron chi connectivity index (χ4n) is 2.20. The van der Waals surface area contributed by atoms with Gasteiger partial charge in [-0.1, -0.05) is 50.6 Å². The van der Waals surface area contributed by atoms with Crippen LogP contribution in [0.4, 0.5) is 17.6 Å². The summed E-state index contributed by atoms with van der Waals surface area (Å²) in [6.45, 7) is 5.19. The number of benzene rings is 1. The molecule has 0 aliphatic rings. The third-order valence-electron chi connectivity index (χ3n) is 3.91. The van der Waals surface area contributed by atoms with Crippen molar-refractivity contribution in [2.24, 2.45) is 5.92 Å². The average Bonchev–Trinajstić information content (AvgIpc) is 2.67. The highest BCUT2D eigenvalue weighted by Crippen LogP contribution is 2.20. The van der Waals surface area contributed by atoms with Crippen molar-refractivity contribution in [3.05, 3.63) is 54.9 Å². The Hall–Kier alpha value is -3.02. The highest BCUT2D eigenvalue weighted by atomic mass is 15.2. The van der Waals surface area contributed by atoms with Crippen molar-refractivity contribution in [3.8, 4) is 11.4 Å². The summed E-state index contributed by atoms with van der Waals surface area (Å²) in [6, 6.07) is 13.6. The molecule has 2 N–H and O–H groups in total.